The Morgan fingerprint density at radius 2 is 2.08 bits per heavy atom. The summed E-state index contributed by atoms with van der Waals surface area (Å²) in [7, 11) is 0. The van der Waals surface area contributed by atoms with Crippen LogP contribution in [0.1, 0.15) is 6.42 Å². The molecule has 2 heteroatoms. The van der Waals surface area contributed by atoms with Gasteiger partial charge in [0.25, 0.3) is 0 Å². The Balaban J connectivity index is 2.51. The number of benzene rings is 1. The molecule has 1 aromatic rings. The number of aliphatic hydroxyl groups excluding tert-OH is 1. The van der Waals surface area contributed by atoms with Gasteiger partial charge in [-0.15, -0.1) is 18.3 Å². The van der Waals surface area contributed by atoms with E-state index in [1.165, 1.54) is 4.90 Å². The number of rotatable bonds is 5. The highest BCUT2D eigenvalue weighted by Crippen LogP contribution is 2.25. The molecule has 0 spiro atoms. The zero-order valence-corrected chi connectivity index (χ0v) is 8.33. The molecule has 0 aliphatic carbocycles. The number of aliphatic hydroxyl groups is 1. The molecule has 1 unspecified atom stereocenters. The van der Waals surface area contributed by atoms with Crippen LogP contribution in [0.2, 0.25) is 0 Å². The Bertz CT molecular complexity index is 246. The van der Waals surface area contributed by atoms with Gasteiger partial charge in [0.2, 0.25) is 0 Å². The van der Waals surface area contributed by atoms with Gasteiger partial charge in [-0.2, -0.15) is 0 Å². The van der Waals surface area contributed by atoms with Crippen LogP contribution in [0.3, 0.4) is 0 Å². The quantitative estimate of drug-likeness (QED) is 0.574. The van der Waals surface area contributed by atoms with Gasteiger partial charge in [-0.25, -0.2) is 0 Å². The Hall–Kier alpha value is -0.730. The molecule has 1 aromatic carbocycles. The van der Waals surface area contributed by atoms with Crippen LogP contribution in [0.4, 0.5) is 0 Å². The molecule has 70 valence electrons. The predicted octanol–water partition coefficient (Wildman–Crippen LogP) is 2.72. The van der Waals surface area contributed by atoms with Crippen molar-refractivity contribution in [1.82, 2.24) is 0 Å². The van der Waals surface area contributed by atoms with E-state index in [-0.39, 0.29) is 6.61 Å². The third kappa shape index (κ3) is 3.66. The molecule has 0 heterocycles. The van der Waals surface area contributed by atoms with Gasteiger partial charge in [-0.05, 0) is 18.6 Å². The van der Waals surface area contributed by atoms with Crippen LogP contribution < -0.4 is 0 Å². The Morgan fingerprint density at radius 1 is 1.38 bits per heavy atom. The lowest BCUT2D eigenvalue weighted by atomic mass is 10.3. The van der Waals surface area contributed by atoms with Crippen molar-refractivity contribution in [1.29, 1.82) is 0 Å². The van der Waals surface area contributed by atoms with Crippen LogP contribution in [0.15, 0.2) is 47.9 Å². The number of hydrogen-bond acceptors (Lipinski definition) is 2. The lowest BCUT2D eigenvalue weighted by molar-refractivity contribution is 0.291. The highest BCUT2D eigenvalue weighted by molar-refractivity contribution is 8.00. The molecule has 0 aliphatic heterocycles. The van der Waals surface area contributed by atoms with Gasteiger partial charge < -0.3 is 5.11 Å². The maximum absolute atomic E-state index is 8.78. The van der Waals surface area contributed by atoms with Gasteiger partial charge in [0.05, 0.1) is 0 Å². The fourth-order valence-electron chi connectivity index (χ4n) is 1.03. The minimum atomic E-state index is 0.219. The highest BCUT2D eigenvalue weighted by Gasteiger charge is 2.04. The van der Waals surface area contributed by atoms with E-state index in [0.717, 1.165) is 6.42 Å². The largest absolute Gasteiger partial charge is 0.396 e. The van der Waals surface area contributed by atoms with E-state index < -0.39 is 0 Å². The molecule has 13 heavy (non-hydrogen) atoms. The molecule has 0 bridgehead atoms. The van der Waals surface area contributed by atoms with E-state index in [4.69, 9.17) is 5.11 Å². The van der Waals surface area contributed by atoms with Crippen LogP contribution in [0, 0.1) is 0 Å². The van der Waals surface area contributed by atoms with Gasteiger partial charge in [0.15, 0.2) is 0 Å². The maximum Gasteiger partial charge on any atom is 0.0444 e. The molecule has 1 nitrogen and oxygen atoms in total. The van der Waals surface area contributed by atoms with E-state index in [1.807, 2.05) is 24.3 Å². The molecule has 1 N–H and O–H groups in total. The molecule has 0 aliphatic rings. The summed E-state index contributed by atoms with van der Waals surface area (Å²) in [5.74, 6) is 0. The van der Waals surface area contributed by atoms with Gasteiger partial charge in [0, 0.05) is 16.8 Å². The van der Waals surface area contributed by atoms with Crippen LogP contribution in [0.5, 0.6) is 0 Å². The van der Waals surface area contributed by atoms with Gasteiger partial charge in [-0.3, -0.25) is 0 Å². The van der Waals surface area contributed by atoms with Crippen molar-refractivity contribution < 1.29 is 5.11 Å². The number of thioether (sulfide) groups is 1. The lowest BCUT2D eigenvalue weighted by Gasteiger charge is -2.09. The number of hydrogen-bond donors (Lipinski definition) is 1. The Kier molecular flexibility index (Phi) is 4.65. The van der Waals surface area contributed by atoms with Crippen LogP contribution in [-0.2, 0) is 0 Å². The summed E-state index contributed by atoms with van der Waals surface area (Å²) >= 11 is 1.74. The average Bonchev–Trinajstić information content (AvgIpc) is 2.19. The Labute approximate surface area is 83.5 Å². The molecule has 0 aromatic heterocycles. The second-order valence-corrected chi connectivity index (χ2v) is 4.03. The average molecular weight is 194 g/mol. The molecular formula is C11H14OS. The smallest absolute Gasteiger partial charge is 0.0444 e. The van der Waals surface area contributed by atoms with Gasteiger partial charge in [0.1, 0.15) is 0 Å². The molecule has 0 radical (unpaired) electrons. The van der Waals surface area contributed by atoms with Crippen LogP contribution >= 0.6 is 11.8 Å². The minimum Gasteiger partial charge on any atom is -0.396 e. The zero-order chi connectivity index (χ0) is 9.52. The first-order valence-corrected chi connectivity index (χ1v) is 5.20. The SMILES string of the molecule is C=CC(CCO)Sc1ccccc1. The van der Waals surface area contributed by atoms with E-state index in [9.17, 15) is 0 Å². The van der Waals surface area contributed by atoms with Crippen molar-refractivity contribution in [2.75, 3.05) is 6.61 Å². The highest BCUT2D eigenvalue weighted by atomic mass is 32.2. The summed E-state index contributed by atoms with van der Waals surface area (Å²) < 4.78 is 0. The van der Waals surface area contributed by atoms with E-state index in [0.29, 0.717) is 5.25 Å². The lowest BCUT2D eigenvalue weighted by Crippen LogP contribution is -2.00. The van der Waals surface area contributed by atoms with Gasteiger partial charge in [-0.1, -0.05) is 24.3 Å². The second-order valence-electron chi connectivity index (χ2n) is 2.72. The zero-order valence-electron chi connectivity index (χ0n) is 7.52. The second kappa shape index (κ2) is 5.84. The summed E-state index contributed by atoms with van der Waals surface area (Å²) in [4.78, 5) is 1.22. The molecule has 1 rings (SSSR count). The van der Waals surface area contributed by atoms with Gasteiger partial charge >= 0.3 is 0 Å². The Morgan fingerprint density at radius 3 is 2.62 bits per heavy atom. The fraction of sp³-hybridized carbons (Fsp3) is 0.273. The molecule has 0 fully saturated rings. The summed E-state index contributed by atoms with van der Waals surface area (Å²) in [5, 5.41) is 9.10. The van der Waals surface area contributed by atoms with E-state index >= 15 is 0 Å². The summed E-state index contributed by atoms with van der Waals surface area (Å²) in [6.07, 6.45) is 2.65. The van der Waals surface area contributed by atoms with Crippen molar-refractivity contribution in [3.63, 3.8) is 0 Å². The van der Waals surface area contributed by atoms with Crippen molar-refractivity contribution in [2.24, 2.45) is 0 Å². The van der Waals surface area contributed by atoms with Crippen LogP contribution in [0.25, 0.3) is 0 Å². The summed E-state index contributed by atoms with van der Waals surface area (Å²) in [6, 6.07) is 10.2. The van der Waals surface area contributed by atoms with Crippen molar-refractivity contribution in [2.45, 2.75) is 16.6 Å². The van der Waals surface area contributed by atoms with E-state index in [2.05, 4.69) is 18.7 Å². The minimum absolute atomic E-state index is 0.219. The molecule has 0 saturated heterocycles. The molecule has 1 atom stereocenters. The monoisotopic (exact) mass is 194 g/mol. The summed E-state index contributed by atoms with van der Waals surface area (Å²) in [5.41, 5.74) is 0. The van der Waals surface area contributed by atoms with Crippen molar-refractivity contribution in [3.8, 4) is 0 Å². The van der Waals surface area contributed by atoms with E-state index in [1.54, 1.807) is 11.8 Å². The normalized spacial score (nSPS) is 12.4. The third-order valence-corrected chi connectivity index (χ3v) is 2.98. The summed E-state index contributed by atoms with van der Waals surface area (Å²) in [6.45, 7) is 3.96. The molecular weight excluding hydrogens is 180 g/mol. The van der Waals surface area contributed by atoms with Crippen molar-refractivity contribution >= 4 is 11.8 Å². The molecule has 0 amide bonds. The molecule has 0 saturated carbocycles. The predicted molar refractivity (Wildman–Crippen MR) is 58.0 cm³/mol. The van der Waals surface area contributed by atoms with Crippen LogP contribution in [-0.4, -0.2) is 17.0 Å². The maximum atomic E-state index is 8.78. The first-order chi connectivity index (χ1) is 6.36. The fourth-order valence-corrected chi connectivity index (χ4v) is 2.01. The first kappa shape index (κ1) is 10.4. The standard InChI is InChI=1S/C11H14OS/c1-2-10(8-9-12)13-11-6-4-3-5-7-11/h2-7,10,12H,1,8-9H2. The third-order valence-electron chi connectivity index (χ3n) is 1.71. The topological polar surface area (TPSA) is 20.2 Å². The first-order valence-electron chi connectivity index (χ1n) is 4.32. The van der Waals surface area contributed by atoms with Crippen molar-refractivity contribution in [3.05, 3.63) is 43.0 Å².